The number of Topliss-reactive ketones (excluding diaryl/α,β-unsaturated/α-hetero) is 1. The standard InChI is InChI=1S/C13H20O2S2/c1-8(2)11(5)17(15)7-13(14)12-6-9(3)16-10(12)4/h6,8,11H,7H2,1-5H3. The van der Waals surface area contributed by atoms with Gasteiger partial charge in [-0.1, -0.05) is 20.8 Å². The molecule has 0 fully saturated rings. The fourth-order valence-electron chi connectivity index (χ4n) is 1.55. The van der Waals surface area contributed by atoms with Crippen LogP contribution in [0.2, 0.25) is 0 Å². The molecule has 1 heterocycles. The zero-order chi connectivity index (χ0) is 13.2. The predicted octanol–water partition coefficient (Wildman–Crippen LogP) is 3.34. The third-order valence-electron chi connectivity index (χ3n) is 2.97. The van der Waals surface area contributed by atoms with Crippen molar-refractivity contribution in [2.45, 2.75) is 39.9 Å². The van der Waals surface area contributed by atoms with Crippen molar-refractivity contribution in [1.82, 2.24) is 0 Å². The quantitative estimate of drug-likeness (QED) is 0.770. The maximum Gasteiger partial charge on any atom is 0.176 e. The molecule has 2 unspecified atom stereocenters. The smallest absolute Gasteiger partial charge is 0.176 e. The number of carbonyl (C=O) groups is 1. The van der Waals surface area contributed by atoms with Gasteiger partial charge in [0, 0.05) is 31.4 Å². The summed E-state index contributed by atoms with van der Waals surface area (Å²) in [6, 6.07) is 1.90. The van der Waals surface area contributed by atoms with E-state index in [1.165, 1.54) is 0 Å². The van der Waals surface area contributed by atoms with Crippen molar-refractivity contribution in [1.29, 1.82) is 0 Å². The van der Waals surface area contributed by atoms with Crippen molar-refractivity contribution in [3.63, 3.8) is 0 Å². The van der Waals surface area contributed by atoms with Crippen molar-refractivity contribution < 1.29 is 9.00 Å². The Balaban J connectivity index is 2.73. The van der Waals surface area contributed by atoms with E-state index >= 15 is 0 Å². The minimum atomic E-state index is -1.07. The van der Waals surface area contributed by atoms with Crippen molar-refractivity contribution in [3.8, 4) is 0 Å². The van der Waals surface area contributed by atoms with Crippen LogP contribution in [-0.4, -0.2) is 21.0 Å². The second-order valence-corrected chi connectivity index (χ2v) is 7.98. The summed E-state index contributed by atoms with van der Waals surface area (Å²) in [6.07, 6.45) is 0. The van der Waals surface area contributed by atoms with Crippen LogP contribution in [0, 0.1) is 19.8 Å². The number of rotatable bonds is 5. The topological polar surface area (TPSA) is 34.1 Å². The average Bonchev–Trinajstić information content (AvgIpc) is 2.56. The van der Waals surface area contributed by atoms with Crippen LogP contribution in [0.25, 0.3) is 0 Å². The van der Waals surface area contributed by atoms with Crippen LogP contribution in [0.3, 0.4) is 0 Å². The van der Waals surface area contributed by atoms with E-state index in [4.69, 9.17) is 0 Å². The number of carbonyl (C=O) groups excluding carboxylic acids is 1. The summed E-state index contributed by atoms with van der Waals surface area (Å²) in [4.78, 5) is 14.2. The summed E-state index contributed by atoms with van der Waals surface area (Å²) in [6.45, 7) is 9.95. The van der Waals surface area contributed by atoms with Crippen LogP contribution < -0.4 is 0 Å². The highest BCUT2D eigenvalue weighted by Crippen LogP contribution is 2.21. The first-order valence-corrected chi connectivity index (χ1v) is 8.00. The summed E-state index contributed by atoms with van der Waals surface area (Å²) in [5, 5.41) is 0.0685. The molecule has 17 heavy (non-hydrogen) atoms. The lowest BCUT2D eigenvalue weighted by molar-refractivity contribution is 0.102. The zero-order valence-electron chi connectivity index (χ0n) is 11.1. The number of thiophene rings is 1. The fourth-order valence-corrected chi connectivity index (χ4v) is 3.78. The van der Waals surface area contributed by atoms with E-state index in [-0.39, 0.29) is 16.8 Å². The van der Waals surface area contributed by atoms with Crippen LogP contribution in [0.1, 0.15) is 40.9 Å². The van der Waals surface area contributed by atoms with Crippen molar-refractivity contribution in [3.05, 3.63) is 21.4 Å². The minimum Gasteiger partial charge on any atom is -0.293 e. The first-order valence-electron chi connectivity index (χ1n) is 5.80. The minimum absolute atomic E-state index is 0.0117. The van der Waals surface area contributed by atoms with E-state index in [1.807, 2.05) is 40.7 Å². The number of aryl methyl sites for hydroxylation is 2. The summed E-state index contributed by atoms with van der Waals surface area (Å²) >= 11 is 1.62. The third kappa shape index (κ3) is 3.75. The van der Waals surface area contributed by atoms with Gasteiger partial charge in [-0.3, -0.25) is 9.00 Å². The van der Waals surface area contributed by atoms with Gasteiger partial charge in [0.1, 0.15) is 0 Å². The zero-order valence-corrected chi connectivity index (χ0v) is 12.7. The highest BCUT2D eigenvalue weighted by atomic mass is 32.2. The lowest BCUT2D eigenvalue weighted by Crippen LogP contribution is -2.24. The molecule has 0 amide bonds. The molecule has 0 aromatic carbocycles. The van der Waals surface area contributed by atoms with Crippen LogP contribution in [0.15, 0.2) is 6.07 Å². The number of ketones is 1. The second-order valence-electron chi connectivity index (χ2n) is 4.72. The number of hydrogen-bond donors (Lipinski definition) is 0. The van der Waals surface area contributed by atoms with Gasteiger partial charge in [-0.25, -0.2) is 0 Å². The third-order valence-corrected chi connectivity index (χ3v) is 5.85. The Kier molecular flexibility index (Phi) is 5.07. The normalized spacial score (nSPS) is 14.9. The van der Waals surface area contributed by atoms with Gasteiger partial charge in [-0.2, -0.15) is 0 Å². The molecule has 96 valence electrons. The molecule has 1 rings (SSSR count). The SMILES string of the molecule is Cc1cc(C(=O)CS(=O)C(C)C(C)C)c(C)s1. The van der Waals surface area contributed by atoms with Gasteiger partial charge in [-0.15, -0.1) is 11.3 Å². The van der Waals surface area contributed by atoms with Crippen LogP contribution in [0.5, 0.6) is 0 Å². The monoisotopic (exact) mass is 272 g/mol. The lowest BCUT2D eigenvalue weighted by Gasteiger charge is -2.14. The van der Waals surface area contributed by atoms with Gasteiger partial charge in [0.15, 0.2) is 5.78 Å². The summed E-state index contributed by atoms with van der Waals surface area (Å²) in [7, 11) is -1.07. The van der Waals surface area contributed by atoms with Gasteiger partial charge in [0.2, 0.25) is 0 Å². The highest BCUT2D eigenvalue weighted by Gasteiger charge is 2.20. The molecule has 1 aromatic rings. The molecule has 0 saturated carbocycles. The molecular weight excluding hydrogens is 252 g/mol. The molecule has 2 atom stereocenters. The summed E-state index contributed by atoms with van der Waals surface area (Å²) < 4.78 is 12.0. The van der Waals surface area contributed by atoms with Crippen LogP contribution >= 0.6 is 11.3 Å². The second kappa shape index (κ2) is 5.91. The van der Waals surface area contributed by atoms with Gasteiger partial charge in [0.05, 0.1) is 5.75 Å². The van der Waals surface area contributed by atoms with Crippen molar-refractivity contribution in [2.75, 3.05) is 5.75 Å². The van der Waals surface area contributed by atoms with Gasteiger partial charge < -0.3 is 0 Å². The lowest BCUT2D eigenvalue weighted by atomic mass is 10.1. The Morgan fingerprint density at radius 2 is 1.94 bits per heavy atom. The van der Waals surface area contributed by atoms with E-state index < -0.39 is 10.8 Å². The van der Waals surface area contributed by atoms with Crippen molar-refractivity contribution >= 4 is 27.9 Å². The Morgan fingerprint density at radius 3 is 2.35 bits per heavy atom. The average molecular weight is 272 g/mol. The van der Waals surface area contributed by atoms with Gasteiger partial charge >= 0.3 is 0 Å². The molecule has 0 radical (unpaired) electrons. The Labute approximate surface area is 110 Å². The molecule has 0 spiro atoms. The van der Waals surface area contributed by atoms with Crippen molar-refractivity contribution in [2.24, 2.45) is 5.92 Å². The fraction of sp³-hybridized carbons (Fsp3) is 0.615. The van der Waals surface area contributed by atoms with E-state index in [1.54, 1.807) is 11.3 Å². The number of hydrogen-bond acceptors (Lipinski definition) is 3. The first-order chi connectivity index (χ1) is 7.82. The molecule has 0 aliphatic rings. The summed E-state index contributed by atoms with van der Waals surface area (Å²) in [5.41, 5.74) is 0.747. The van der Waals surface area contributed by atoms with E-state index in [0.29, 0.717) is 5.92 Å². The van der Waals surface area contributed by atoms with E-state index in [0.717, 1.165) is 15.3 Å². The molecule has 2 nitrogen and oxygen atoms in total. The first kappa shape index (κ1) is 14.6. The Bertz CT molecular complexity index is 433. The summed E-state index contributed by atoms with van der Waals surface area (Å²) in [5.74, 6) is 0.503. The van der Waals surface area contributed by atoms with Gasteiger partial charge in [-0.05, 0) is 25.8 Å². The molecular formula is C13H20O2S2. The maximum absolute atomic E-state index is 12.0. The molecule has 0 N–H and O–H groups in total. The largest absolute Gasteiger partial charge is 0.293 e. The Hall–Kier alpha value is -0.480. The van der Waals surface area contributed by atoms with E-state index in [2.05, 4.69) is 0 Å². The molecule has 0 saturated heterocycles. The van der Waals surface area contributed by atoms with Crippen LogP contribution in [0.4, 0.5) is 0 Å². The molecule has 1 aromatic heterocycles. The molecule has 0 aliphatic heterocycles. The van der Waals surface area contributed by atoms with Crippen LogP contribution in [-0.2, 0) is 10.8 Å². The van der Waals surface area contributed by atoms with E-state index in [9.17, 15) is 9.00 Å². The highest BCUT2D eigenvalue weighted by molar-refractivity contribution is 7.86. The Morgan fingerprint density at radius 1 is 1.35 bits per heavy atom. The molecule has 0 bridgehead atoms. The maximum atomic E-state index is 12.0. The molecule has 4 heteroatoms. The predicted molar refractivity (Wildman–Crippen MR) is 75.4 cm³/mol. The van der Waals surface area contributed by atoms with Gasteiger partial charge in [0.25, 0.3) is 0 Å². The molecule has 0 aliphatic carbocycles.